The third-order valence-corrected chi connectivity index (χ3v) is 4.06. The molecule has 0 fully saturated rings. The molecule has 2 nitrogen and oxygen atoms in total. The molecule has 0 spiro atoms. The van der Waals surface area contributed by atoms with Crippen molar-refractivity contribution in [3.05, 3.63) is 52.5 Å². The van der Waals surface area contributed by atoms with E-state index in [2.05, 4.69) is 19.1 Å². The van der Waals surface area contributed by atoms with Crippen molar-refractivity contribution in [3.63, 3.8) is 0 Å². The van der Waals surface area contributed by atoms with Gasteiger partial charge >= 0.3 is 0 Å². The van der Waals surface area contributed by atoms with Gasteiger partial charge in [-0.3, -0.25) is 4.79 Å². The molecule has 19 heavy (non-hydrogen) atoms. The van der Waals surface area contributed by atoms with Crippen LogP contribution in [0, 0.1) is 0 Å². The zero-order chi connectivity index (χ0) is 13.5. The normalized spacial score (nSPS) is 10.6. The molecule has 0 unspecified atom stereocenters. The smallest absolute Gasteiger partial charge is 0.237 e. The number of rotatable bonds is 7. The lowest BCUT2D eigenvalue weighted by Crippen LogP contribution is -2.36. The van der Waals surface area contributed by atoms with Crippen LogP contribution in [0.25, 0.3) is 0 Å². The van der Waals surface area contributed by atoms with Crippen molar-refractivity contribution in [2.24, 2.45) is 0 Å². The Morgan fingerprint density at radius 3 is 2.63 bits per heavy atom. The third kappa shape index (κ3) is 4.28. The van der Waals surface area contributed by atoms with Gasteiger partial charge in [-0.15, -0.1) is 11.3 Å². The third-order valence-electron chi connectivity index (χ3n) is 3.15. The standard InChI is InChI=1S/C16H20NOS/c1-2-3-4-6-14-8-10-17(11-9-14)13-15(18)16-7-5-12-19-16/h5,7-12H,2-4,6,13H2,1H3/q+1. The lowest BCUT2D eigenvalue weighted by atomic mass is 10.1. The van der Waals surface area contributed by atoms with Crippen molar-refractivity contribution in [1.82, 2.24) is 0 Å². The predicted octanol–water partition coefficient (Wildman–Crippen LogP) is 3.65. The fourth-order valence-corrected chi connectivity index (χ4v) is 2.68. The second-order valence-electron chi connectivity index (χ2n) is 4.74. The van der Waals surface area contributed by atoms with Crippen LogP contribution in [-0.2, 0) is 13.0 Å². The van der Waals surface area contributed by atoms with Crippen LogP contribution < -0.4 is 4.57 Å². The van der Waals surface area contributed by atoms with E-state index in [1.807, 2.05) is 34.5 Å². The molecule has 0 saturated heterocycles. The van der Waals surface area contributed by atoms with Crippen molar-refractivity contribution in [3.8, 4) is 0 Å². The summed E-state index contributed by atoms with van der Waals surface area (Å²) in [7, 11) is 0. The van der Waals surface area contributed by atoms with Crippen LogP contribution in [0.4, 0.5) is 0 Å². The molecular weight excluding hydrogens is 254 g/mol. The van der Waals surface area contributed by atoms with Crippen molar-refractivity contribution in [2.75, 3.05) is 0 Å². The lowest BCUT2D eigenvalue weighted by molar-refractivity contribution is -0.683. The molecule has 100 valence electrons. The van der Waals surface area contributed by atoms with Gasteiger partial charge in [0.1, 0.15) is 0 Å². The van der Waals surface area contributed by atoms with E-state index in [-0.39, 0.29) is 5.78 Å². The summed E-state index contributed by atoms with van der Waals surface area (Å²) in [6.07, 6.45) is 8.93. The van der Waals surface area contributed by atoms with Gasteiger partial charge in [-0.2, -0.15) is 4.57 Å². The molecule has 0 radical (unpaired) electrons. The summed E-state index contributed by atoms with van der Waals surface area (Å²) in [5.74, 6) is 0.179. The average Bonchev–Trinajstić information content (AvgIpc) is 2.95. The van der Waals surface area contributed by atoms with E-state index in [4.69, 9.17) is 0 Å². The number of pyridine rings is 1. The number of thiophene rings is 1. The number of hydrogen-bond donors (Lipinski definition) is 0. The molecule has 2 aromatic heterocycles. The molecule has 0 saturated carbocycles. The molecule has 0 bridgehead atoms. The zero-order valence-corrected chi connectivity index (χ0v) is 12.2. The van der Waals surface area contributed by atoms with E-state index in [0.717, 1.165) is 11.3 Å². The minimum atomic E-state index is 0.179. The topological polar surface area (TPSA) is 20.9 Å². The van der Waals surface area contributed by atoms with Gasteiger partial charge in [-0.05, 0) is 29.9 Å². The van der Waals surface area contributed by atoms with Crippen LogP contribution >= 0.6 is 11.3 Å². The van der Waals surface area contributed by atoms with Crippen molar-refractivity contribution >= 4 is 17.1 Å². The Balaban J connectivity index is 1.90. The van der Waals surface area contributed by atoms with Gasteiger partial charge in [0.25, 0.3) is 0 Å². The number of aryl methyl sites for hydroxylation is 1. The van der Waals surface area contributed by atoms with E-state index >= 15 is 0 Å². The van der Waals surface area contributed by atoms with Gasteiger partial charge in [0.2, 0.25) is 12.3 Å². The summed E-state index contributed by atoms with van der Waals surface area (Å²) in [6.45, 7) is 2.64. The summed E-state index contributed by atoms with van der Waals surface area (Å²) in [5.41, 5.74) is 1.35. The number of carbonyl (C=O) groups excluding carboxylic acids is 1. The maximum Gasteiger partial charge on any atom is 0.237 e. The molecule has 2 aromatic rings. The first kappa shape index (κ1) is 13.9. The highest BCUT2D eigenvalue weighted by atomic mass is 32.1. The Morgan fingerprint density at radius 1 is 1.21 bits per heavy atom. The molecule has 0 aromatic carbocycles. The SMILES string of the molecule is CCCCCc1cc[n+](CC(=O)c2cccs2)cc1. The van der Waals surface area contributed by atoms with Crippen LogP contribution in [-0.4, -0.2) is 5.78 Å². The number of Topliss-reactive ketones (excluding diaryl/α,β-unsaturated/α-hetero) is 1. The summed E-state index contributed by atoms with van der Waals surface area (Å²) >= 11 is 1.50. The quantitative estimate of drug-likeness (QED) is 0.429. The van der Waals surface area contributed by atoms with E-state index in [1.54, 1.807) is 0 Å². The first-order chi connectivity index (χ1) is 9.29. The Morgan fingerprint density at radius 2 is 2.00 bits per heavy atom. The van der Waals surface area contributed by atoms with E-state index < -0.39 is 0 Å². The average molecular weight is 274 g/mol. The zero-order valence-electron chi connectivity index (χ0n) is 11.3. The van der Waals surface area contributed by atoms with Crippen LogP contribution in [0.2, 0.25) is 0 Å². The highest BCUT2D eigenvalue weighted by Gasteiger charge is 2.12. The van der Waals surface area contributed by atoms with Crippen LogP contribution in [0.15, 0.2) is 42.0 Å². The Hall–Kier alpha value is -1.48. The van der Waals surface area contributed by atoms with E-state index in [9.17, 15) is 4.79 Å². The molecule has 2 heterocycles. The second kappa shape index (κ2) is 7.19. The van der Waals surface area contributed by atoms with Crippen LogP contribution in [0.5, 0.6) is 0 Å². The Labute approximate surface area is 118 Å². The van der Waals surface area contributed by atoms with Gasteiger partial charge in [-0.25, -0.2) is 0 Å². The molecule has 0 atom stereocenters. The number of ketones is 1. The molecule has 0 amide bonds. The molecule has 0 aliphatic carbocycles. The minimum Gasteiger partial charge on any atom is -0.286 e. The maximum atomic E-state index is 12.0. The van der Waals surface area contributed by atoms with Crippen LogP contribution in [0.1, 0.15) is 41.4 Å². The monoisotopic (exact) mass is 274 g/mol. The highest BCUT2D eigenvalue weighted by Crippen LogP contribution is 2.09. The van der Waals surface area contributed by atoms with Crippen molar-refractivity contribution in [1.29, 1.82) is 0 Å². The van der Waals surface area contributed by atoms with Crippen molar-refractivity contribution < 1.29 is 9.36 Å². The molecule has 2 rings (SSSR count). The molecular formula is C16H20NOS+. The summed E-state index contributed by atoms with van der Waals surface area (Å²) in [4.78, 5) is 12.8. The maximum absolute atomic E-state index is 12.0. The molecule has 0 aliphatic rings. The van der Waals surface area contributed by atoms with E-state index in [0.29, 0.717) is 6.54 Å². The van der Waals surface area contributed by atoms with Gasteiger partial charge in [0.05, 0.1) is 4.88 Å². The molecule has 0 aliphatic heterocycles. The summed E-state index contributed by atoms with van der Waals surface area (Å²) in [6, 6.07) is 8.04. The van der Waals surface area contributed by atoms with Gasteiger partial charge < -0.3 is 0 Å². The first-order valence-electron chi connectivity index (χ1n) is 6.84. The fourth-order valence-electron chi connectivity index (χ4n) is 2.02. The molecule has 0 N–H and O–H groups in total. The Bertz CT molecular complexity index is 502. The van der Waals surface area contributed by atoms with Gasteiger partial charge in [0.15, 0.2) is 12.4 Å². The van der Waals surface area contributed by atoms with E-state index in [1.165, 1.54) is 36.2 Å². The summed E-state index contributed by atoms with van der Waals surface area (Å²) < 4.78 is 1.95. The number of aromatic nitrogens is 1. The number of hydrogen-bond acceptors (Lipinski definition) is 2. The largest absolute Gasteiger partial charge is 0.286 e. The predicted molar refractivity (Wildman–Crippen MR) is 78.5 cm³/mol. The number of unbranched alkanes of at least 4 members (excludes halogenated alkanes) is 2. The molecule has 3 heteroatoms. The lowest BCUT2D eigenvalue weighted by Gasteiger charge is -2.00. The number of nitrogens with zero attached hydrogens (tertiary/aromatic N) is 1. The van der Waals surface area contributed by atoms with Crippen molar-refractivity contribution in [2.45, 2.75) is 39.2 Å². The van der Waals surface area contributed by atoms with Gasteiger partial charge in [-0.1, -0.05) is 25.8 Å². The first-order valence-corrected chi connectivity index (χ1v) is 7.72. The fraction of sp³-hybridized carbons (Fsp3) is 0.375. The minimum absolute atomic E-state index is 0.179. The summed E-state index contributed by atoms with van der Waals surface area (Å²) in [5, 5.41) is 1.94. The van der Waals surface area contributed by atoms with Gasteiger partial charge in [0, 0.05) is 12.1 Å². The Kier molecular flexibility index (Phi) is 5.28. The van der Waals surface area contributed by atoms with Crippen LogP contribution in [0.3, 0.4) is 0 Å². The number of carbonyl (C=O) groups is 1. The second-order valence-corrected chi connectivity index (χ2v) is 5.68. The highest BCUT2D eigenvalue weighted by molar-refractivity contribution is 7.12.